The second kappa shape index (κ2) is 11.5. The minimum Gasteiger partial charge on any atom is -0.462 e. The van der Waals surface area contributed by atoms with E-state index in [0.717, 1.165) is 49.8 Å². The number of hydrogen-bond acceptors (Lipinski definition) is 7. The van der Waals surface area contributed by atoms with Crippen LogP contribution in [0.5, 0.6) is 0 Å². The van der Waals surface area contributed by atoms with Crippen LogP contribution < -0.4 is 10.9 Å². The third kappa shape index (κ3) is 6.43. The number of fused-ring (bicyclic) bond motifs is 1. The molecule has 0 unspecified atom stereocenters. The molecule has 0 bridgehead atoms. The van der Waals surface area contributed by atoms with E-state index < -0.39 is 0 Å². The fraction of sp³-hybridized carbons (Fsp3) is 0.545. The van der Waals surface area contributed by atoms with Crippen LogP contribution in [0.2, 0.25) is 0 Å². The van der Waals surface area contributed by atoms with Gasteiger partial charge in [-0.3, -0.25) is 9.59 Å². The lowest BCUT2D eigenvalue weighted by Gasteiger charge is -2.11. The molecule has 2 aromatic heterocycles. The van der Waals surface area contributed by atoms with E-state index in [9.17, 15) is 14.4 Å². The Bertz CT molecular complexity index is 984. The van der Waals surface area contributed by atoms with Crippen molar-refractivity contribution in [3.63, 3.8) is 0 Å². The van der Waals surface area contributed by atoms with Gasteiger partial charge in [0.1, 0.15) is 5.00 Å². The Morgan fingerprint density at radius 1 is 1.23 bits per heavy atom. The monoisotopic (exact) mass is 463 g/mol. The standard InChI is InChI=1S/C22H29N3O4S2/c1-3-9-14-12-17(26)25-22(23-14)30-13-18(27)24-20-19(21(28)29-4-2)15-10-7-5-6-8-11-16(15)31-20/h12H,3-11,13H2,1-2H3,(H,24,27)(H,23,25,26). The molecule has 1 aliphatic carbocycles. The summed E-state index contributed by atoms with van der Waals surface area (Å²) in [6.07, 6.45) is 7.82. The molecule has 1 amide bonds. The highest BCUT2D eigenvalue weighted by Gasteiger charge is 2.26. The molecule has 31 heavy (non-hydrogen) atoms. The maximum Gasteiger partial charge on any atom is 0.341 e. The van der Waals surface area contributed by atoms with E-state index in [2.05, 4.69) is 15.3 Å². The number of amides is 1. The van der Waals surface area contributed by atoms with Gasteiger partial charge in [-0.05, 0) is 44.6 Å². The van der Waals surface area contributed by atoms with Gasteiger partial charge in [-0.15, -0.1) is 11.3 Å². The highest BCUT2D eigenvalue weighted by molar-refractivity contribution is 7.99. The third-order valence-corrected chi connectivity index (χ3v) is 7.10. The molecule has 7 nitrogen and oxygen atoms in total. The SMILES string of the molecule is CCCc1cc(=O)[nH]c(SCC(=O)Nc2sc3c(c2C(=O)OCC)CCCCCC3)n1. The molecular weight excluding hydrogens is 434 g/mol. The maximum atomic E-state index is 12.7. The Morgan fingerprint density at radius 3 is 2.74 bits per heavy atom. The fourth-order valence-electron chi connectivity index (χ4n) is 3.66. The van der Waals surface area contributed by atoms with Gasteiger partial charge in [-0.2, -0.15) is 0 Å². The van der Waals surface area contributed by atoms with Crippen molar-refractivity contribution in [1.82, 2.24) is 9.97 Å². The number of aromatic amines is 1. The second-order valence-corrected chi connectivity index (χ2v) is 9.54. The van der Waals surface area contributed by atoms with E-state index in [1.54, 1.807) is 6.92 Å². The van der Waals surface area contributed by atoms with Crippen molar-refractivity contribution < 1.29 is 14.3 Å². The predicted octanol–water partition coefficient (Wildman–Crippen LogP) is 4.35. The number of nitrogens with one attached hydrogen (secondary N) is 2. The number of rotatable bonds is 8. The first-order valence-electron chi connectivity index (χ1n) is 10.9. The molecular formula is C22H29N3O4S2. The molecule has 0 spiro atoms. The second-order valence-electron chi connectivity index (χ2n) is 7.47. The minimum atomic E-state index is -0.373. The number of H-pyrrole nitrogens is 1. The molecule has 168 valence electrons. The molecule has 0 radical (unpaired) electrons. The number of thioether (sulfide) groups is 1. The largest absolute Gasteiger partial charge is 0.462 e. The van der Waals surface area contributed by atoms with Gasteiger partial charge in [0.2, 0.25) is 5.91 Å². The molecule has 1 aliphatic rings. The van der Waals surface area contributed by atoms with Crippen molar-refractivity contribution in [2.75, 3.05) is 17.7 Å². The van der Waals surface area contributed by atoms with Crippen LogP contribution in [0.15, 0.2) is 16.0 Å². The summed E-state index contributed by atoms with van der Waals surface area (Å²) in [7, 11) is 0. The number of aryl methyl sites for hydroxylation is 2. The summed E-state index contributed by atoms with van der Waals surface area (Å²) in [5, 5.41) is 3.90. The summed E-state index contributed by atoms with van der Waals surface area (Å²) in [4.78, 5) is 45.4. The molecule has 2 heterocycles. The van der Waals surface area contributed by atoms with Crippen molar-refractivity contribution in [3.8, 4) is 0 Å². The summed E-state index contributed by atoms with van der Waals surface area (Å²) in [6.45, 7) is 4.10. The predicted molar refractivity (Wildman–Crippen MR) is 124 cm³/mol. The zero-order chi connectivity index (χ0) is 22.2. The van der Waals surface area contributed by atoms with Crippen LogP contribution in [0.1, 0.15) is 72.4 Å². The zero-order valence-electron chi connectivity index (χ0n) is 18.0. The van der Waals surface area contributed by atoms with Crippen molar-refractivity contribution in [2.45, 2.75) is 70.4 Å². The lowest BCUT2D eigenvalue weighted by Crippen LogP contribution is -2.18. The van der Waals surface area contributed by atoms with E-state index in [0.29, 0.717) is 28.7 Å². The number of nitrogens with zero attached hydrogens (tertiary/aromatic N) is 1. The molecule has 0 saturated heterocycles. The molecule has 9 heteroatoms. The zero-order valence-corrected chi connectivity index (χ0v) is 19.7. The number of aromatic nitrogens is 2. The number of carbonyl (C=O) groups is 2. The molecule has 3 rings (SSSR count). The van der Waals surface area contributed by atoms with Gasteiger partial charge < -0.3 is 15.0 Å². The average molecular weight is 464 g/mol. The lowest BCUT2D eigenvalue weighted by molar-refractivity contribution is -0.113. The Morgan fingerprint density at radius 2 is 2.00 bits per heavy atom. The average Bonchev–Trinajstić information content (AvgIpc) is 3.02. The van der Waals surface area contributed by atoms with Gasteiger partial charge in [0.25, 0.3) is 5.56 Å². The lowest BCUT2D eigenvalue weighted by atomic mass is 9.96. The summed E-state index contributed by atoms with van der Waals surface area (Å²) < 4.78 is 5.29. The van der Waals surface area contributed by atoms with E-state index in [1.807, 2.05) is 6.92 Å². The topological polar surface area (TPSA) is 101 Å². The Balaban J connectivity index is 1.75. The Kier molecular flexibility index (Phi) is 8.71. The molecule has 0 saturated carbocycles. The number of hydrogen-bond donors (Lipinski definition) is 2. The smallest absolute Gasteiger partial charge is 0.341 e. The molecule has 2 N–H and O–H groups in total. The normalized spacial score (nSPS) is 13.7. The van der Waals surface area contributed by atoms with Crippen LogP contribution in [0.4, 0.5) is 5.00 Å². The van der Waals surface area contributed by atoms with Gasteiger partial charge >= 0.3 is 5.97 Å². The summed E-state index contributed by atoms with van der Waals surface area (Å²) in [5.41, 5.74) is 2.05. The van der Waals surface area contributed by atoms with Crippen molar-refractivity contribution in [2.24, 2.45) is 0 Å². The van der Waals surface area contributed by atoms with Gasteiger partial charge in [0, 0.05) is 16.6 Å². The number of anilines is 1. The van der Waals surface area contributed by atoms with Gasteiger partial charge in [0.05, 0.1) is 17.9 Å². The Labute approximate surface area is 190 Å². The maximum absolute atomic E-state index is 12.7. The van der Waals surface area contributed by atoms with E-state index >= 15 is 0 Å². The fourth-order valence-corrected chi connectivity index (χ4v) is 5.65. The van der Waals surface area contributed by atoms with Crippen molar-refractivity contribution in [1.29, 1.82) is 0 Å². The van der Waals surface area contributed by atoms with Gasteiger partial charge in [0.15, 0.2) is 5.16 Å². The van der Waals surface area contributed by atoms with Crippen LogP contribution in [0, 0.1) is 0 Å². The van der Waals surface area contributed by atoms with Crippen molar-refractivity contribution in [3.05, 3.63) is 38.1 Å². The highest BCUT2D eigenvalue weighted by Crippen LogP contribution is 2.37. The number of esters is 1. The van der Waals surface area contributed by atoms with E-state index in [-0.39, 0.29) is 23.2 Å². The van der Waals surface area contributed by atoms with E-state index in [4.69, 9.17) is 4.74 Å². The summed E-state index contributed by atoms with van der Waals surface area (Å²) >= 11 is 2.66. The quantitative estimate of drug-likeness (QED) is 0.343. The van der Waals surface area contributed by atoms with E-state index in [1.165, 1.54) is 40.5 Å². The van der Waals surface area contributed by atoms with Crippen LogP contribution in [-0.4, -0.2) is 34.2 Å². The first-order valence-corrected chi connectivity index (χ1v) is 12.7. The van der Waals surface area contributed by atoms with Gasteiger partial charge in [-0.1, -0.05) is 37.9 Å². The first kappa shape index (κ1) is 23.5. The molecule has 0 aromatic carbocycles. The summed E-state index contributed by atoms with van der Waals surface area (Å²) in [6, 6.07) is 1.49. The first-order chi connectivity index (χ1) is 15.0. The third-order valence-electron chi connectivity index (χ3n) is 5.02. The molecule has 0 fully saturated rings. The number of carbonyl (C=O) groups excluding carboxylic acids is 2. The van der Waals surface area contributed by atoms with Crippen molar-refractivity contribution >= 4 is 40.0 Å². The van der Waals surface area contributed by atoms with Gasteiger partial charge in [-0.25, -0.2) is 9.78 Å². The number of thiophene rings is 1. The Hall–Kier alpha value is -2.13. The van der Waals surface area contributed by atoms with Crippen LogP contribution in [0.25, 0.3) is 0 Å². The summed E-state index contributed by atoms with van der Waals surface area (Å²) in [5.74, 6) is -0.529. The molecule has 2 aromatic rings. The van der Waals surface area contributed by atoms with Crippen LogP contribution in [-0.2, 0) is 28.8 Å². The molecule has 0 atom stereocenters. The van der Waals surface area contributed by atoms with Crippen LogP contribution >= 0.6 is 23.1 Å². The number of ether oxygens (including phenoxy) is 1. The molecule has 0 aliphatic heterocycles. The highest BCUT2D eigenvalue weighted by atomic mass is 32.2. The minimum absolute atomic E-state index is 0.0867. The van der Waals surface area contributed by atoms with Crippen LogP contribution in [0.3, 0.4) is 0 Å².